The molecule has 28 heavy (non-hydrogen) atoms. The highest BCUT2D eigenvalue weighted by atomic mass is 35.5. The second-order valence-electron chi connectivity index (χ2n) is 6.17. The molecule has 0 bridgehead atoms. The number of amides is 1. The van der Waals surface area contributed by atoms with Gasteiger partial charge in [-0.3, -0.25) is 14.5 Å². The van der Waals surface area contributed by atoms with Crippen molar-refractivity contribution in [2.24, 2.45) is 0 Å². The second kappa shape index (κ2) is 7.22. The van der Waals surface area contributed by atoms with Gasteiger partial charge in [0.15, 0.2) is 5.76 Å². The van der Waals surface area contributed by atoms with Crippen molar-refractivity contribution in [3.63, 3.8) is 0 Å². The summed E-state index contributed by atoms with van der Waals surface area (Å²) in [7, 11) is 0. The predicted molar refractivity (Wildman–Crippen MR) is 106 cm³/mol. The van der Waals surface area contributed by atoms with Crippen molar-refractivity contribution in [3.8, 4) is 0 Å². The zero-order valence-corrected chi connectivity index (χ0v) is 15.9. The van der Waals surface area contributed by atoms with E-state index in [9.17, 15) is 19.1 Å². The third-order valence-electron chi connectivity index (χ3n) is 4.49. The maximum atomic E-state index is 13.4. The summed E-state index contributed by atoms with van der Waals surface area (Å²) in [6.45, 7) is 0. The highest BCUT2D eigenvalue weighted by Crippen LogP contribution is 2.42. The van der Waals surface area contributed by atoms with Crippen molar-refractivity contribution in [2.75, 3.05) is 4.90 Å². The second-order valence-corrected chi connectivity index (χ2v) is 7.56. The number of aliphatic hydroxyl groups excluding tert-OH is 1. The minimum atomic E-state index is -0.857. The normalized spacial score (nSPS) is 16.7. The van der Waals surface area contributed by atoms with Crippen LogP contribution in [0.4, 0.5) is 10.1 Å². The summed E-state index contributed by atoms with van der Waals surface area (Å²) in [6, 6.07) is 14.5. The molecule has 4 nitrogen and oxygen atoms in total. The number of benzene rings is 2. The van der Waals surface area contributed by atoms with Crippen molar-refractivity contribution in [2.45, 2.75) is 6.04 Å². The minimum Gasteiger partial charge on any atom is -0.503 e. The fourth-order valence-electron chi connectivity index (χ4n) is 3.21. The van der Waals surface area contributed by atoms with Gasteiger partial charge in [-0.05, 0) is 53.4 Å². The quantitative estimate of drug-likeness (QED) is 0.588. The maximum Gasteiger partial charge on any atom is 0.294 e. The lowest BCUT2D eigenvalue weighted by atomic mass is 9.95. The zero-order valence-electron chi connectivity index (χ0n) is 14.3. The number of nitrogens with zero attached hydrogens (tertiary/aromatic N) is 1. The first-order chi connectivity index (χ1) is 13.5. The van der Waals surface area contributed by atoms with Crippen molar-refractivity contribution in [1.82, 2.24) is 0 Å². The molecule has 1 N–H and O–H groups in total. The maximum absolute atomic E-state index is 13.4. The predicted octanol–water partition coefficient (Wildman–Crippen LogP) is 5.32. The van der Waals surface area contributed by atoms with E-state index in [0.29, 0.717) is 21.2 Å². The molecule has 3 aromatic rings. The summed E-state index contributed by atoms with van der Waals surface area (Å²) in [6.07, 6.45) is 0. The molecule has 0 radical (unpaired) electrons. The Kier molecular flexibility index (Phi) is 4.75. The van der Waals surface area contributed by atoms with Crippen LogP contribution in [-0.4, -0.2) is 16.8 Å². The molecule has 4 rings (SSSR count). The largest absolute Gasteiger partial charge is 0.503 e. The lowest BCUT2D eigenvalue weighted by Gasteiger charge is -2.27. The Morgan fingerprint density at radius 3 is 2.36 bits per heavy atom. The molecule has 1 amide bonds. The van der Waals surface area contributed by atoms with Gasteiger partial charge in [0.05, 0.1) is 16.5 Å². The van der Waals surface area contributed by atoms with Crippen molar-refractivity contribution in [1.29, 1.82) is 0 Å². The number of anilines is 1. The molecule has 0 spiro atoms. The van der Waals surface area contributed by atoms with E-state index in [1.807, 2.05) is 0 Å². The fraction of sp³-hybridized carbons (Fsp3) is 0.0476. The lowest BCUT2D eigenvalue weighted by molar-refractivity contribution is -0.117. The van der Waals surface area contributed by atoms with E-state index in [1.54, 1.807) is 41.8 Å². The van der Waals surface area contributed by atoms with Gasteiger partial charge in [0.25, 0.3) is 5.91 Å². The molecule has 0 saturated carbocycles. The van der Waals surface area contributed by atoms with Crippen LogP contribution in [0.25, 0.3) is 0 Å². The fourth-order valence-corrected chi connectivity index (χ4v) is 4.01. The third kappa shape index (κ3) is 3.10. The zero-order chi connectivity index (χ0) is 19.8. The summed E-state index contributed by atoms with van der Waals surface area (Å²) >= 11 is 7.20. The third-order valence-corrected chi connectivity index (χ3v) is 5.61. The van der Waals surface area contributed by atoms with Crippen LogP contribution in [0.1, 0.15) is 21.3 Å². The molecule has 1 unspecified atom stereocenters. The lowest BCUT2D eigenvalue weighted by Crippen LogP contribution is -2.31. The Labute approximate surface area is 169 Å². The number of thiophene rings is 1. The van der Waals surface area contributed by atoms with Crippen LogP contribution in [0.3, 0.4) is 0 Å². The first kappa shape index (κ1) is 18.4. The first-order valence-corrected chi connectivity index (χ1v) is 9.59. The Hall–Kier alpha value is -2.96. The molecule has 1 atom stereocenters. The van der Waals surface area contributed by atoms with Crippen molar-refractivity contribution < 1.29 is 19.1 Å². The van der Waals surface area contributed by atoms with E-state index < -0.39 is 29.3 Å². The van der Waals surface area contributed by atoms with Gasteiger partial charge in [-0.2, -0.15) is 0 Å². The van der Waals surface area contributed by atoms with E-state index in [-0.39, 0.29) is 5.57 Å². The van der Waals surface area contributed by atoms with Gasteiger partial charge in [-0.15, -0.1) is 11.3 Å². The Morgan fingerprint density at radius 1 is 1.07 bits per heavy atom. The summed E-state index contributed by atoms with van der Waals surface area (Å²) in [5.74, 6) is -2.20. The van der Waals surface area contributed by atoms with Gasteiger partial charge in [0.2, 0.25) is 5.78 Å². The molecule has 1 aromatic heterocycles. The molecule has 140 valence electrons. The molecular formula is C21H13ClFNO3S. The van der Waals surface area contributed by atoms with Crippen LogP contribution in [0, 0.1) is 5.82 Å². The molecule has 0 aliphatic carbocycles. The van der Waals surface area contributed by atoms with Gasteiger partial charge in [-0.1, -0.05) is 29.8 Å². The van der Waals surface area contributed by atoms with E-state index in [0.717, 1.165) is 0 Å². The smallest absolute Gasteiger partial charge is 0.294 e. The number of hydrogen-bond acceptors (Lipinski definition) is 4. The molecule has 0 fully saturated rings. The first-order valence-electron chi connectivity index (χ1n) is 8.33. The molecule has 1 aliphatic rings. The molecule has 1 aliphatic heterocycles. The van der Waals surface area contributed by atoms with Crippen LogP contribution in [0.2, 0.25) is 5.02 Å². The monoisotopic (exact) mass is 413 g/mol. The number of halogens is 2. The summed E-state index contributed by atoms with van der Waals surface area (Å²) < 4.78 is 13.4. The van der Waals surface area contributed by atoms with Gasteiger partial charge >= 0.3 is 0 Å². The highest BCUT2D eigenvalue weighted by Gasteiger charge is 2.44. The number of carbonyl (C=O) groups excluding carboxylic acids is 2. The van der Waals surface area contributed by atoms with Crippen molar-refractivity contribution in [3.05, 3.63) is 98.7 Å². The summed E-state index contributed by atoms with van der Waals surface area (Å²) in [5.41, 5.74) is 0.956. The molecule has 0 saturated heterocycles. The van der Waals surface area contributed by atoms with Crippen LogP contribution < -0.4 is 4.90 Å². The van der Waals surface area contributed by atoms with Crippen LogP contribution in [0.15, 0.2) is 77.4 Å². The molecule has 2 heterocycles. The summed E-state index contributed by atoms with van der Waals surface area (Å²) in [5, 5.41) is 12.8. The Bertz CT molecular complexity index is 1080. The number of Topliss-reactive ketones (excluding diaryl/α,β-unsaturated/α-hetero) is 1. The number of aliphatic hydroxyl groups is 1. The van der Waals surface area contributed by atoms with E-state index in [2.05, 4.69) is 0 Å². The molecular weight excluding hydrogens is 401 g/mol. The van der Waals surface area contributed by atoms with Crippen LogP contribution in [0.5, 0.6) is 0 Å². The number of ketones is 1. The van der Waals surface area contributed by atoms with Gasteiger partial charge < -0.3 is 5.11 Å². The average molecular weight is 414 g/mol. The standard InChI is InChI=1S/C21H13ClFNO3S/c22-13-5-3-12(4-6-13)18-17(19(25)16-2-1-11-28-16)20(26)21(27)24(18)15-9-7-14(23)8-10-15/h1-11,18,26H. The summed E-state index contributed by atoms with van der Waals surface area (Å²) in [4.78, 5) is 27.7. The van der Waals surface area contributed by atoms with E-state index in [1.165, 1.54) is 40.5 Å². The molecule has 7 heteroatoms. The average Bonchev–Trinajstić information content (AvgIpc) is 3.31. The van der Waals surface area contributed by atoms with E-state index >= 15 is 0 Å². The number of hydrogen-bond donors (Lipinski definition) is 1. The van der Waals surface area contributed by atoms with E-state index in [4.69, 9.17) is 11.6 Å². The van der Waals surface area contributed by atoms with Crippen molar-refractivity contribution >= 4 is 40.3 Å². The van der Waals surface area contributed by atoms with Gasteiger partial charge in [-0.25, -0.2) is 4.39 Å². The minimum absolute atomic E-state index is 0.0147. The number of carbonyl (C=O) groups is 2. The Balaban J connectivity index is 1.88. The van der Waals surface area contributed by atoms with Gasteiger partial charge in [0.1, 0.15) is 5.82 Å². The topological polar surface area (TPSA) is 57.6 Å². The number of rotatable bonds is 4. The highest BCUT2D eigenvalue weighted by molar-refractivity contribution is 7.12. The van der Waals surface area contributed by atoms with Crippen LogP contribution >= 0.6 is 22.9 Å². The molecule has 2 aromatic carbocycles. The van der Waals surface area contributed by atoms with Gasteiger partial charge in [0, 0.05) is 10.7 Å². The Morgan fingerprint density at radius 2 is 1.75 bits per heavy atom. The SMILES string of the molecule is O=C(C1=C(O)C(=O)N(c2ccc(F)cc2)C1c1ccc(Cl)cc1)c1cccs1. The van der Waals surface area contributed by atoms with Crippen LogP contribution in [-0.2, 0) is 4.79 Å².